The highest BCUT2D eigenvalue weighted by Gasteiger charge is 2.02. The molecule has 0 heterocycles. The average molecular weight is 245 g/mol. The Kier molecular flexibility index (Phi) is 6.98. The summed E-state index contributed by atoms with van der Waals surface area (Å²) in [5.41, 5.74) is 1.33. The van der Waals surface area contributed by atoms with Crippen molar-refractivity contribution in [3.63, 3.8) is 0 Å². The normalized spacial score (nSPS) is 11.8. The predicted molar refractivity (Wildman–Crippen MR) is 76.8 cm³/mol. The molecule has 0 aliphatic rings. The van der Waals surface area contributed by atoms with Crippen molar-refractivity contribution >= 4 is 0 Å². The minimum absolute atomic E-state index is 0.511. The highest BCUT2D eigenvalue weighted by atomic mass is 16.5. The second kappa shape index (κ2) is 8.60. The molecule has 18 heavy (non-hydrogen) atoms. The lowest BCUT2D eigenvalue weighted by atomic mass is 10.1. The van der Waals surface area contributed by atoms with Gasteiger partial charge in [0.15, 0.2) is 0 Å². The quantitative estimate of drug-likeness (QED) is 0.561. The van der Waals surface area contributed by atoms with E-state index in [1.807, 2.05) is 12.1 Å². The van der Waals surface area contributed by atoms with Crippen LogP contribution in [0.25, 0.3) is 0 Å². The van der Waals surface area contributed by atoms with Crippen LogP contribution in [0.3, 0.4) is 0 Å². The van der Waals surface area contributed by atoms with Gasteiger partial charge in [0.2, 0.25) is 0 Å². The van der Waals surface area contributed by atoms with Crippen molar-refractivity contribution in [3.05, 3.63) is 29.8 Å². The van der Waals surface area contributed by atoms with Gasteiger partial charge in [0, 0.05) is 12.5 Å². The summed E-state index contributed by atoms with van der Waals surface area (Å²) in [6.45, 7) is 6.03. The smallest absolute Gasteiger partial charge is 0.119 e. The summed E-state index contributed by atoms with van der Waals surface area (Å²) < 4.78 is 5.60. The molecule has 2 heteroatoms. The lowest BCUT2D eigenvalue weighted by Gasteiger charge is -2.12. The maximum absolute atomic E-state index is 5.60. The Hall–Kier alpha value is -1.46. The number of benzene rings is 1. The van der Waals surface area contributed by atoms with Crippen molar-refractivity contribution in [2.75, 3.05) is 13.2 Å². The molecular formula is C16H23NO. The largest absolute Gasteiger partial charge is 0.494 e. The van der Waals surface area contributed by atoms with Gasteiger partial charge in [0.1, 0.15) is 5.75 Å². The first-order valence-corrected chi connectivity index (χ1v) is 6.64. The van der Waals surface area contributed by atoms with E-state index < -0.39 is 0 Å². The van der Waals surface area contributed by atoms with E-state index in [2.05, 4.69) is 37.2 Å². The number of rotatable bonds is 8. The Balaban J connectivity index is 2.35. The summed E-state index contributed by atoms with van der Waals surface area (Å²) in [4.78, 5) is 0. The highest BCUT2D eigenvalue weighted by Crippen LogP contribution is 2.13. The predicted octanol–water partition coefficient (Wildman–Crippen LogP) is 3.02. The van der Waals surface area contributed by atoms with Crippen LogP contribution in [0.1, 0.15) is 32.3 Å². The van der Waals surface area contributed by atoms with E-state index in [9.17, 15) is 0 Å². The summed E-state index contributed by atoms with van der Waals surface area (Å²) in [6.07, 6.45) is 7.92. The fraction of sp³-hybridized carbons (Fsp3) is 0.500. The van der Waals surface area contributed by atoms with E-state index in [0.29, 0.717) is 12.6 Å². The monoisotopic (exact) mass is 245 g/mol. The Morgan fingerprint density at radius 1 is 1.33 bits per heavy atom. The topological polar surface area (TPSA) is 21.3 Å². The molecule has 0 radical (unpaired) electrons. The Bertz CT molecular complexity index is 364. The number of terminal acetylenes is 1. The molecule has 0 fully saturated rings. The van der Waals surface area contributed by atoms with Crippen LogP contribution in [-0.2, 0) is 6.42 Å². The lowest BCUT2D eigenvalue weighted by molar-refractivity contribution is 0.313. The highest BCUT2D eigenvalue weighted by molar-refractivity contribution is 5.27. The van der Waals surface area contributed by atoms with Crippen molar-refractivity contribution in [2.24, 2.45) is 0 Å². The first kappa shape index (κ1) is 14.6. The first-order valence-electron chi connectivity index (χ1n) is 6.64. The Labute approximate surface area is 111 Å². The SMILES string of the molecule is C#CCCCOc1ccc(CC(C)NCC)cc1. The molecule has 2 nitrogen and oxygen atoms in total. The van der Waals surface area contributed by atoms with Crippen LogP contribution < -0.4 is 10.1 Å². The van der Waals surface area contributed by atoms with Gasteiger partial charge in [-0.25, -0.2) is 0 Å². The lowest BCUT2D eigenvalue weighted by Crippen LogP contribution is -2.27. The average Bonchev–Trinajstić information content (AvgIpc) is 2.37. The molecular weight excluding hydrogens is 222 g/mol. The molecule has 0 amide bonds. The van der Waals surface area contributed by atoms with Crippen LogP contribution in [0.4, 0.5) is 0 Å². The minimum atomic E-state index is 0.511. The van der Waals surface area contributed by atoms with Crippen molar-refractivity contribution in [2.45, 2.75) is 39.2 Å². The minimum Gasteiger partial charge on any atom is -0.494 e. The molecule has 1 rings (SSSR count). The van der Waals surface area contributed by atoms with Crippen LogP contribution in [0.15, 0.2) is 24.3 Å². The Morgan fingerprint density at radius 3 is 2.67 bits per heavy atom. The van der Waals surface area contributed by atoms with Gasteiger partial charge < -0.3 is 10.1 Å². The van der Waals surface area contributed by atoms with Gasteiger partial charge in [-0.05, 0) is 44.0 Å². The van der Waals surface area contributed by atoms with Gasteiger partial charge in [-0.15, -0.1) is 12.3 Å². The molecule has 1 unspecified atom stereocenters. The molecule has 0 spiro atoms. The standard InChI is InChI=1S/C16H23NO/c1-4-6-7-12-18-16-10-8-15(9-11-16)13-14(3)17-5-2/h1,8-11,14,17H,5-7,12-13H2,2-3H3. The van der Waals surface area contributed by atoms with Gasteiger partial charge in [0.05, 0.1) is 6.61 Å². The van der Waals surface area contributed by atoms with Gasteiger partial charge >= 0.3 is 0 Å². The van der Waals surface area contributed by atoms with Crippen LogP contribution >= 0.6 is 0 Å². The fourth-order valence-electron chi connectivity index (χ4n) is 1.86. The molecule has 1 aromatic rings. The number of likely N-dealkylation sites (N-methyl/N-ethyl adjacent to an activating group) is 1. The molecule has 0 aromatic heterocycles. The third-order valence-corrected chi connectivity index (χ3v) is 2.75. The Morgan fingerprint density at radius 2 is 2.06 bits per heavy atom. The molecule has 0 saturated heterocycles. The number of nitrogens with one attached hydrogen (secondary N) is 1. The number of hydrogen-bond donors (Lipinski definition) is 1. The third-order valence-electron chi connectivity index (χ3n) is 2.75. The van der Waals surface area contributed by atoms with Crippen LogP contribution in [0.2, 0.25) is 0 Å². The second-order valence-electron chi connectivity index (χ2n) is 4.46. The van der Waals surface area contributed by atoms with Gasteiger partial charge in [-0.3, -0.25) is 0 Å². The van der Waals surface area contributed by atoms with Crippen LogP contribution in [0.5, 0.6) is 5.75 Å². The summed E-state index contributed by atoms with van der Waals surface area (Å²) in [5, 5.41) is 3.41. The summed E-state index contributed by atoms with van der Waals surface area (Å²) in [6, 6.07) is 8.83. The van der Waals surface area contributed by atoms with E-state index >= 15 is 0 Å². The van der Waals surface area contributed by atoms with E-state index in [-0.39, 0.29) is 0 Å². The molecule has 98 valence electrons. The second-order valence-corrected chi connectivity index (χ2v) is 4.46. The van der Waals surface area contributed by atoms with Gasteiger partial charge in [-0.2, -0.15) is 0 Å². The third kappa shape index (κ3) is 5.75. The van der Waals surface area contributed by atoms with Crippen molar-refractivity contribution < 1.29 is 4.74 Å². The zero-order valence-corrected chi connectivity index (χ0v) is 11.4. The molecule has 1 atom stereocenters. The molecule has 1 N–H and O–H groups in total. The summed E-state index contributed by atoms with van der Waals surface area (Å²) >= 11 is 0. The summed E-state index contributed by atoms with van der Waals surface area (Å²) in [5.74, 6) is 3.53. The van der Waals surface area contributed by atoms with E-state index in [1.165, 1.54) is 5.56 Å². The van der Waals surface area contributed by atoms with Gasteiger partial charge in [-0.1, -0.05) is 19.1 Å². The maximum Gasteiger partial charge on any atom is 0.119 e. The van der Waals surface area contributed by atoms with Crippen molar-refractivity contribution in [3.8, 4) is 18.1 Å². The zero-order valence-electron chi connectivity index (χ0n) is 11.4. The maximum atomic E-state index is 5.60. The number of ether oxygens (including phenoxy) is 1. The fourth-order valence-corrected chi connectivity index (χ4v) is 1.86. The van der Waals surface area contributed by atoms with Crippen molar-refractivity contribution in [1.29, 1.82) is 0 Å². The van der Waals surface area contributed by atoms with E-state index in [0.717, 1.165) is 31.6 Å². The van der Waals surface area contributed by atoms with Crippen molar-refractivity contribution in [1.82, 2.24) is 5.32 Å². The van der Waals surface area contributed by atoms with E-state index in [4.69, 9.17) is 11.2 Å². The molecule has 0 bridgehead atoms. The molecule has 1 aromatic carbocycles. The first-order chi connectivity index (χ1) is 8.76. The van der Waals surface area contributed by atoms with Crippen LogP contribution in [-0.4, -0.2) is 19.2 Å². The molecule has 0 saturated carbocycles. The van der Waals surface area contributed by atoms with Gasteiger partial charge in [0.25, 0.3) is 0 Å². The van der Waals surface area contributed by atoms with Crippen LogP contribution in [0, 0.1) is 12.3 Å². The summed E-state index contributed by atoms with van der Waals surface area (Å²) in [7, 11) is 0. The van der Waals surface area contributed by atoms with E-state index in [1.54, 1.807) is 0 Å². The number of unbranched alkanes of at least 4 members (excludes halogenated alkanes) is 1. The number of hydrogen-bond acceptors (Lipinski definition) is 2. The molecule has 0 aliphatic heterocycles. The molecule has 0 aliphatic carbocycles. The zero-order chi connectivity index (χ0) is 13.2.